The van der Waals surface area contributed by atoms with Crippen LogP contribution < -0.4 is 14.8 Å². The number of Topliss-reactive ketones (excluding diaryl/α,β-unsaturated/α-hetero) is 1. The number of tetrazole rings is 1. The summed E-state index contributed by atoms with van der Waals surface area (Å²) in [7, 11) is 1.55. The standard InChI is InChI=1S/C24H20FN5O4/c1-33-18-10-6-16(7-11-18)22(31)14-30-28-24(27-29-30)20-4-2-3-5-21(20)26-23(32)15-34-19-12-8-17(25)9-13-19/h2-13H,14-15H2,1H3,(H,26,32). The average Bonchev–Trinajstić information content (AvgIpc) is 3.32. The molecule has 172 valence electrons. The van der Waals surface area contributed by atoms with Gasteiger partial charge in [0.2, 0.25) is 5.82 Å². The lowest BCUT2D eigenvalue weighted by Gasteiger charge is -2.10. The smallest absolute Gasteiger partial charge is 0.262 e. The Hall–Kier alpha value is -4.60. The van der Waals surface area contributed by atoms with E-state index in [9.17, 15) is 14.0 Å². The predicted octanol–water partition coefficient (Wildman–Crippen LogP) is 3.39. The number of ether oxygens (including phenoxy) is 2. The van der Waals surface area contributed by atoms with Gasteiger partial charge < -0.3 is 14.8 Å². The highest BCUT2D eigenvalue weighted by atomic mass is 19.1. The van der Waals surface area contributed by atoms with E-state index in [1.54, 1.807) is 55.6 Å². The fraction of sp³-hybridized carbons (Fsp3) is 0.125. The van der Waals surface area contributed by atoms with Crippen LogP contribution in [0.25, 0.3) is 11.4 Å². The molecule has 0 fully saturated rings. The minimum Gasteiger partial charge on any atom is -0.497 e. The van der Waals surface area contributed by atoms with Crippen LogP contribution >= 0.6 is 0 Å². The van der Waals surface area contributed by atoms with E-state index in [4.69, 9.17) is 9.47 Å². The predicted molar refractivity (Wildman–Crippen MR) is 121 cm³/mol. The van der Waals surface area contributed by atoms with Crippen LogP contribution in [0, 0.1) is 5.82 Å². The number of nitrogens with one attached hydrogen (secondary N) is 1. The molecule has 0 atom stereocenters. The van der Waals surface area contributed by atoms with Gasteiger partial charge in [0.05, 0.1) is 12.8 Å². The number of aromatic nitrogens is 4. The van der Waals surface area contributed by atoms with Crippen molar-refractivity contribution < 1.29 is 23.5 Å². The van der Waals surface area contributed by atoms with Crippen LogP contribution in [0.3, 0.4) is 0 Å². The molecule has 1 heterocycles. The van der Waals surface area contributed by atoms with Gasteiger partial charge in [-0.2, -0.15) is 4.80 Å². The van der Waals surface area contributed by atoms with Crippen LogP contribution in [0.2, 0.25) is 0 Å². The number of rotatable bonds is 9. The largest absolute Gasteiger partial charge is 0.497 e. The first-order valence-electron chi connectivity index (χ1n) is 10.2. The molecule has 0 unspecified atom stereocenters. The Kier molecular flexibility index (Phi) is 6.87. The van der Waals surface area contributed by atoms with E-state index in [-0.39, 0.29) is 24.8 Å². The number of para-hydroxylation sites is 1. The number of nitrogens with zero attached hydrogens (tertiary/aromatic N) is 4. The lowest BCUT2D eigenvalue weighted by atomic mass is 10.1. The Labute approximate surface area is 194 Å². The van der Waals surface area contributed by atoms with Crippen molar-refractivity contribution in [1.29, 1.82) is 0 Å². The molecule has 4 rings (SSSR count). The summed E-state index contributed by atoms with van der Waals surface area (Å²) in [5.74, 6) is 0.273. The Morgan fingerprint density at radius 2 is 1.68 bits per heavy atom. The number of halogens is 1. The molecule has 4 aromatic rings. The van der Waals surface area contributed by atoms with Crippen molar-refractivity contribution in [3.05, 3.63) is 84.2 Å². The quantitative estimate of drug-likeness (QED) is 0.381. The zero-order valence-corrected chi connectivity index (χ0v) is 18.1. The van der Waals surface area contributed by atoms with Gasteiger partial charge in [-0.3, -0.25) is 9.59 Å². The molecule has 0 bridgehead atoms. The van der Waals surface area contributed by atoms with Gasteiger partial charge >= 0.3 is 0 Å². The van der Waals surface area contributed by atoms with Gasteiger partial charge in [-0.25, -0.2) is 4.39 Å². The van der Waals surface area contributed by atoms with E-state index in [1.807, 2.05) is 0 Å². The molecule has 0 aliphatic carbocycles. The molecule has 0 radical (unpaired) electrons. The van der Waals surface area contributed by atoms with Crippen LogP contribution in [-0.2, 0) is 11.3 Å². The first-order valence-corrected chi connectivity index (χ1v) is 10.2. The lowest BCUT2D eigenvalue weighted by molar-refractivity contribution is -0.118. The summed E-state index contributed by atoms with van der Waals surface area (Å²) in [6.07, 6.45) is 0. The minimum atomic E-state index is -0.418. The average molecular weight is 461 g/mol. The van der Waals surface area contributed by atoms with Crippen LogP contribution in [-0.4, -0.2) is 45.6 Å². The maximum absolute atomic E-state index is 13.0. The van der Waals surface area contributed by atoms with E-state index in [0.29, 0.717) is 28.3 Å². The molecule has 10 heteroatoms. The fourth-order valence-corrected chi connectivity index (χ4v) is 3.07. The maximum Gasteiger partial charge on any atom is 0.262 e. The summed E-state index contributed by atoms with van der Waals surface area (Å²) >= 11 is 0. The van der Waals surface area contributed by atoms with E-state index >= 15 is 0 Å². The molecule has 0 saturated heterocycles. The second-order valence-corrected chi connectivity index (χ2v) is 7.13. The zero-order valence-electron chi connectivity index (χ0n) is 18.1. The molecule has 0 saturated carbocycles. The van der Waals surface area contributed by atoms with Crippen LogP contribution in [0.15, 0.2) is 72.8 Å². The van der Waals surface area contributed by atoms with E-state index in [2.05, 4.69) is 20.7 Å². The lowest BCUT2D eigenvalue weighted by Crippen LogP contribution is -2.20. The van der Waals surface area contributed by atoms with Crippen molar-refractivity contribution in [2.75, 3.05) is 19.0 Å². The molecular weight excluding hydrogens is 441 g/mol. The van der Waals surface area contributed by atoms with Gasteiger partial charge in [-0.05, 0) is 65.9 Å². The second-order valence-electron chi connectivity index (χ2n) is 7.13. The molecule has 3 aromatic carbocycles. The Balaban J connectivity index is 1.41. The van der Waals surface area contributed by atoms with E-state index < -0.39 is 11.7 Å². The second kappa shape index (κ2) is 10.3. The third-order valence-corrected chi connectivity index (χ3v) is 4.78. The Morgan fingerprint density at radius 3 is 2.41 bits per heavy atom. The number of carbonyl (C=O) groups excluding carboxylic acids is 2. The van der Waals surface area contributed by atoms with Gasteiger partial charge in [0.25, 0.3) is 5.91 Å². The highest BCUT2D eigenvalue weighted by Gasteiger charge is 2.15. The molecular formula is C24H20FN5O4. The van der Waals surface area contributed by atoms with Crippen molar-refractivity contribution >= 4 is 17.4 Å². The van der Waals surface area contributed by atoms with Gasteiger partial charge in [-0.15, -0.1) is 10.2 Å². The number of ketones is 1. The molecule has 0 aliphatic heterocycles. The first kappa shape index (κ1) is 22.6. The van der Waals surface area contributed by atoms with Gasteiger partial charge in [0, 0.05) is 11.1 Å². The van der Waals surface area contributed by atoms with E-state index in [0.717, 1.165) is 0 Å². The summed E-state index contributed by atoms with van der Waals surface area (Å²) in [6, 6.07) is 19.0. The van der Waals surface area contributed by atoms with Crippen LogP contribution in [0.5, 0.6) is 11.5 Å². The van der Waals surface area contributed by atoms with Crippen LogP contribution in [0.1, 0.15) is 10.4 Å². The normalized spacial score (nSPS) is 10.5. The number of methoxy groups -OCH3 is 1. The van der Waals surface area contributed by atoms with Crippen molar-refractivity contribution in [2.45, 2.75) is 6.54 Å². The third kappa shape index (κ3) is 5.60. The first-order chi connectivity index (χ1) is 16.5. The molecule has 9 nitrogen and oxygen atoms in total. The molecule has 1 aromatic heterocycles. The number of hydrogen-bond acceptors (Lipinski definition) is 7. The number of amides is 1. The summed E-state index contributed by atoms with van der Waals surface area (Å²) in [4.78, 5) is 26.1. The molecule has 1 amide bonds. The number of benzene rings is 3. The van der Waals surface area contributed by atoms with Gasteiger partial charge in [-0.1, -0.05) is 12.1 Å². The number of anilines is 1. The third-order valence-electron chi connectivity index (χ3n) is 4.78. The van der Waals surface area contributed by atoms with Gasteiger partial charge in [0.1, 0.15) is 23.9 Å². The summed E-state index contributed by atoms with van der Waals surface area (Å²) in [5.41, 5.74) is 1.48. The number of carbonyl (C=O) groups is 2. The van der Waals surface area contributed by atoms with Crippen molar-refractivity contribution in [2.24, 2.45) is 0 Å². The molecule has 0 aliphatic rings. The minimum absolute atomic E-state index is 0.0979. The fourth-order valence-electron chi connectivity index (χ4n) is 3.07. The zero-order chi connectivity index (χ0) is 23.9. The maximum atomic E-state index is 13.0. The molecule has 34 heavy (non-hydrogen) atoms. The van der Waals surface area contributed by atoms with Gasteiger partial charge in [0.15, 0.2) is 12.4 Å². The van der Waals surface area contributed by atoms with Crippen LogP contribution in [0.4, 0.5) is 10.1 Å². The van der Waals surface area contributed by atoms with Crippen molar-refractivity contribution in [3.63, 3.8) is 0 Å². The monoisotopic (exact) mass is 461 g/mol. The Bertz CT molecular complexity index is 1290. The summed E-state index contributed by atoms with van der Waals surface area (Å²) in [6.45, 7) is -0.365. The summed E-state index contributed by atoms with van der Waals surface area (Å²) < 4.78 is 23.5. The van der Waals surface area contributed by atoms with Crippen molar-refractivity contribution in [3.8, 4) is 22.9 Å². The number of hydrogen-bond donors (Lipinski definition) is 1. The topological polar surface area (TPSA) is 108 Å². The molecule has 1 N–H and O–H groups in total. The highest BCUT2D eigenvalue weighted by molar-refractivity contribution is 5.96. The van der Waals surface area contributed by atoms with Crippen molar-refractivity contribution in [1.82, 2.24) is 20.2 Å². The Morgan fingerprint density at radius 1 is 0.971 bits per heavy atom. The molecule has 0 spiro atoms. The summed E-state index contributed by atoms with van der Waals surface area (Å²) in [5, 5.41) is 15.0. The van der Waals surface area contributed by atoms with E-state index in [1.165, 1.54) is 29.1 Å². The highest BCUT2D eigenvalue weighted by Crippen LogP contribution is 2.24. The SMILES string of the molecule is COc1ccc(C(=O)Cn2nnc(-c3ccccc3NC(=O)COc3ccc(F)cc3)n2)cc1.